The normalized spacial score (nSPS) is 20.5. The Balaban J connectivity index is 0. The molecule has 1 fully saturated rings. The van der Waals surface area contributed by atoms with Crippen LogP contribution in [0.4, 0.5) is 4.79 Å². The third-order valence-electron chi connectivity index (χ3n) is 4.21. The van der Waals surface area contributed by atoms with Crippen LogP contribution >= 0.6 is 0 Å². The molecule has 0 aromatic carbocycles. The van der Waals surface area contributed by atoms with Gasteiger partial charge in [0.2, 0.25) is 6.41 Å². The second kappa shape index (κ2) is 15.1. The number of amides is 2. The van der Waals surface area contributed by atoms with Gasteiger partial charge in [0.25, 0.3) is 6.47 Å². The van der Waals surface area contributed by atoms with Crippen LogP contribution in [0.25, 0.3) is 0 Å². The fourth-order valence-corrected chi connectivity index (χ4v) is 2.98. The molecule has 2 amide bonds. The number of hydrogen-bond donors (Lipinski definition) is 3. The third-order valence-corrected chi connectivity index (χ3v) is 4.21. The van der Waals surface area contributed by atoms with Crippen molar-refractivity contribution in [2.45, 2.75) is 110 Å². The number of likely N-dealkylation sites (tertiary alicyclic amines) is 1. The summed E-state index contributed by atoms with van der Waals surface area (Å²) in [6, 6.07) is 0.327. The molecule has 0 aliphatic carbocycles. The van der Waals surface area contributed by atoms with Crippen molar-refractivity contribution in [3.8, 4) is 0 Å². The van der Waals surface area contributed by atoms with E-state index in [-0.39, 0.29) is 24.6 Å². The number of carbonyl (C=O) groups is 3. The summed E-state index contributed by atoms with van der Waals surface area (Å²) in [5, 5.41) is 19.9. The van der Waals surface area contributed by atoms with Crippen LogP contribution in [-0.4, -0.2) is 63.9 Å². The molecular formula is C20H40N2O6. The van der Waals surface area contributed by atoms with Gasteiger partial charge in [-0.2, -0.15) is 0 Å². The van der Waals surface area contributed by atoms with Crippen LogP contribution in [-0.2, 0) is 14.3 Å². The number of rotatable bonds is 7. The molecule has 0 saturated carbocycles. The summed E-state index contributed by atoms with van der Waals surface area (Å²) in [4.78, 5) is 32.9. The van der Waals surface area contributed by atoms with Gasteiger partial charge >= 0.3 is 6.09 Å². The zero-order valence-electron chi connectivity index (χ0n) is 18.5. The van der Waals surface area contributed by atoms with Gasteiger partial charge in [-0.25, -0.2) is 4.79 Å². The molecule has 0 aromatic rings. The zero-order valence-corrected chi connectivity index (χ0v) is 18.5. The van der Waals surface area contributed by atoms with E-state index in [4.69, 9.17) is 14.6 Å². The topological polar surface area (TPSA) is 116 Å². The molecule has 4 unspecified atom stereocenters. The van der Waals surface area contributed by atoms with Crippen molar-refractivity contribution in [1.29, 1.82) is 0 Å². The molecule has 1 aliphatic heterocycles. The molecule has 28 heavy (non-hydrogen) atoms. The van der Waals surface area contributed by atoms with Crippen molar-refractivity contribution in [2.75, 3.05) is 0 Å². The largest absolute Gasteiger partial charge is 0.483 e. The summed E-state index contributed by atoms with van der Waals surface area (Å²) >= 11 is 0. The molecule has 0 bridgehead atoms. The highest BCUT2D eigenvalue weighted by Crippen LogP contribution is 2.26. The minimum atomic E-state index is -0.513. The number of aliphatic hydroxyl groups excluding tert-OH is 1. The fraction of sp³-hybridized carbons (Fsp3) is 0.850. The third kappa shape index (κ3) is 13.4. The smallest absolute Gasteiger partial charge is 0.407 e. The lowest BCUT2D eigenvalue weighted by atomic mass is 10.0. The molecule has 8 heteroatoms. The van der Waals surface area contributed by atoms with Crippen molar-refractivity contribution < 1.29 is 29.3 Å². The molecule has 8 nitrogen and oxygen atoms in total. The van der Waals surface area contributed by atoms with Gasteiger partial charge < -0.3 is 25.2 Å². The minimum Gasteiger partial charge on any atom is -0.483 e. The van der Waals surface area contributed by atoms with Gasteiger partial charge in [-0.1, -0.05) is 13.8 Å². The van der Waals surface area contributed by atoms with Crippen LogP contribution in [0.2, 0.25) is 0 Å². The molecule has 1 aliphatic rings. The highest BCUT2D eigenvalue weighted by molar-refractivity contribution is 5.67. The predicted octanol–water partition coefficient (Wildman–Crippen LogP) is 3.17. The number of nitrogens with zero attached hydrogens (tertiary/aromatic N) is 1. The zero-order chi connectivity index (χ0) is 22.3. The molecule has 1 saturated heterocycles. The second-order valence-corrected chi connectivity index (χ2v) is 7.75. The van der Waals surface area contributed by atoms with Crippen LogP contribution in [0.3, 0.4) is 0 Å². The Hall–Kier alpha value is -1.83. The first-order valence-corrected chi connectivity index (χ1v) is 10.0. The Labute approximate surface area is 169 Å². The SMILES string of the molecule is CC.CC(CCC(O)CC1CCC(C)N1C=O)NC(=O)OC(C)(C)C.O=CO. The highest BCUT2D eigenvalue weighted by Gasteiger charge is 2.30. The molecule has 166 valence electrons. The standard InChI is InChI=1S/C17H32N2O4.C2H6.CH2O2/c1-12(18-16(22)23-17(3,4)5)6-9-15(21)10-14-8-7-13(2)19(14)11-20;1-2;2-1-3/h11-15,21H,6-10H2,1-5H3,(H,18,22);1-2H3;1H,(H,2,3). The predicted molar refractivity (Wildman–Crippen MR) is 109 cm³/mol. The van der Waals surface area contributed by atoms with E-state index in [0.29, 0.717) is 19.3 Å². The Morgan fingerprint density at radius 2 is 1.79 bits per heavy atom. The van der Waals surface area contributed by atoms with E-state index in [1.165, 1.54) is 0 Å². The van der Waals surface area contributed by atoms with Crippen LogP contribution in [0.1, 0.15) is 80.6 Å². The second-order valence-electron chi connectivity index (χ2n) is 7.75. The van der Waals surface area contributed by atoms with Crippen LogP contribution in [0, 0.1) is 0 Å². The van der Waals surface area contributed by atoms with Crippen molar-refractivity contribution in [2.24, 2.45) is 0 Å². The van der Waals surface area contributed by atoms with Crippen molar-refractivity contribution in [1.82, 2.24) is 10.2 Å². The Bertz CT molecular complexity index is 439. The molecular weight excluding hydrogens is 364 g/mol. The van der Waals surface area contributed by atoms with Gasteiger partial charge in [0.05, 0.1) is 6.10 Å². The van der Waals surface area contributed by atoms with E-state index in [0.717, 1.165) is 19.3 Å². The van der Waals surface area contributed by atoms with E-state index in [9.17, 15) is 14.7 Å². The summed E-state index contributed by atoms with van der Waals surface area (Å²) in [6.07, 6.45) is 3.80. The summed E-state index contributed by atoms with van der Waals surface area (Å²) in [6.45, 7) is 13.1. The van der Waals surface area contributed by atoms with Crippen LogP contribution < -0.4 is 5.32 Å². The lowest BCUT2D eigenvalue weighted by Crippen LogP contribution is -2.38. The van der Waals surface area contributed by atoms with Crippen LogP contribution in [0.5, 0.6) is 0 Å². The highest BCUT2D eigenvalue weighted by atomic mass is 16.6. The summed E-state index contributed by atoms with van der Waals surface area (Å²) < 4.78 is 5.21. The van der Waals surface area contributed by atoms with Gasteiger partial charge in [0.1, 0.15) is 5.60 Å². The van der Waals surface area contributed by atoms with E-state index in [2.05, 4.69) is 5.32 Å². The number of hydrogen-bond acceptors (Lipinski definition) is 5. The minimum absolute atomic E-state index is 0.0656. The maximum absolute atomic E-state index is 11.7. The van der Waals surface area contributed by atoms with Gasteiger partial charge in [-0.05, 0) is 66.7 Å². The van der Waals surface area contributed by atoms with Crippen molar-refractivity contribution >= 4 is 19.0 Å². The lowest BCUT2D eigenvalue weighted by Gasteiger charge is -2.26. The van der Waals surface area contributed by atoms with Gasteiger partial charge in [0.15, 0.2) is 0 Å². The van der Waals surface area contributed by atoms with Crippen LogP contribution in [0.15, 0.2) is 0 Å². The molecule has 0 aromatic heterocycles. The number of ether oxygens (including phenoxy) is 1. The van der Waals surface area contributed by atoms with Gasteiger partial charge in [-0.15, -0.1) is 0 Å². The Kier molecular flexibility index (Phi) is 15.3. The fourth-order valence-electron chi connectivity index (χ4n) is 2.98. The first-order valence-electron chi connectivity index (χ1n) is 10.0. The van der Waals surface area contributed by atoms with E-state index in [1.54, 1.807) is 0 Å². The quantitative estimate of drug-likeness (QED) is 0.561. The first-order chi connectivity index (χ1) is 13.0. The molecule has 1 rings (SSSR count). The van der Waals surface area contributed by atoms with Crippen molar-refractivity contribution in [3.05, 3.63) is 0 Å². The summed E-state index contributed by atoms with van der Waals surface area (Å²) in [5.41, 5.74) is -0.513. The maximum atomic E-state index is 11.7. The summed E-state index contributed by atoms with van der Waals surface area (Å²) in [7, 11) is 0. The molecule has 1 heterocycles. The average molecular weight is 405 g/mol. The lowest BCUT2D eigenvalue weighted by molar-refractivity contribution is -0.123. The molecule has 0 spiro atoms. The van der Waals surface area contributed by atoms with Gasteiger partial charge in [0, 0.05) is 18.1 Å². The number of carbonyl (C=O) groups excluding carboxylic acids is 2. The maximum Gasteiger partial charge on any atom is 0.407 e. The number of alkyl carbamates (subject to hydrolysis) is 1. The Morgan fingerprint density at radius 1 is 1.25 bits per heavy atom. The van der Waals surface area contributed by atoms with E-state index >= 15 is 0 Å². The average Bonchev–Trinajstić information content (AvgIpc) is 2.93. The van der Waals surface area contributed by atoms with Crippen molar-refractivity contribution in [3.63, 3.8) is 0 Å². The van der Waals surface area contributed by atoms with E-state index in [1.807, 2.05) is 53.4 Å². The number of carboxylic acid groups (broad SMARTS) is 1. The molecule has 4 atom stereocenters. The molecule has 0 radical (unpaired) electrons. The summed E-state index contributed by atoms with van der Waals surface area (Å²) in [5.74, 6) is 0. The molecule has 3 N–H and O–H groups in total. The number of nitrogens with one attached hydrogen (secondary N) is 1. The number of aliphatic hydroxyl groups is 1. The monoisotopic (exact) mass is 404 g/mol. The first kappa shape index (κ1) is 28.4. The van der Waals surface area contributed by atoms with Gasteiger partial charge in [-0.3, -0.25) is 9.59 Å². The van der Waals surface area contributed by atoms with E-state index < -0.39 is 17.8 Å². The Morgan fingerprint density at radius 3 is 2.25 bits per heavy atom.